The van der Waals surface area contributed by atoms with Gasteiger partial charge in [0.2, 0.25) is 15.0 Å². The predicted molar refractivity (Wildman–Crippen MR) is 85.8 cm³/mol. The van der Waals surface area contributed by atoms with Gasteiger partial charge < -0.3 is 0 Å². The molecule has 9 heteroatoms. The first kappa shape index (κ1) is 14.7. The number of aromatic nitrogens is 4. The van der Waals surface area contributed by atoms with E-state index in [1.54, 1.807) is 12.1 Å². The predicted octanol–water partition coefficient (Wildman–Crippen LogP) is 1.54. The van der Waals surface area contributed by atoms with E-state index in [9.17, 15) is 8.42 Å². The third kappa shape index (κ3) is 2.87. The third-order valence-corrected chi connectivity index (χ3v) is 6.28. The Labute approximate surface area is 137 Å². The monoisotopic (exact) mass is 349 g/mol. The average Bonchev–Trinajstić information content (AvgIpc) is 3.14. The van der Waals surface area contributed by atoms with Crippen molar-refractivity contribution in [3.8, 4) is 0 Å². The van der Waals surface area contributed by atoms with E-state index in [0.29, 0.717) is 14.9 Å². The zero-order valence-corrected chi connectivity index (χ0v) is 13.9. The fourth-order valence-electron chi connectivity index (χ4n) is 2.79. The highest BCUT2D eigenvalue weighted by atomic mass is 32.2. The molecule has 0 spiro atoms. The van der Waals surface area contributed by atoms with Crippen molar-refractivity contribution in [2.24, 2.45) is 0 Å². The molecule has 0 bridgehead atoms. The molecule has 0 amide bonds. The molecular formula is C14H15N5O2S2. The lowest BCUT2D eigenvalue weighted by molar-refractivity contribution is 0.580. The van der Waals surface area contributed by atoms with Crippen LogP contribution in [0.15, 0.2) is 29.4 Å². The van der Waals surface area contributed by atoms with E-state index >= 15 is 0 Å². The highest BCUT2D eigenvalue weighted by Crippen LogP contribution is 2.24. The van der Waals surface area contributed by atoms with Crippen LogP contribution in [0.3, 0.4) is 0 Å². The number of hydrogen-bond acceptors (Lipinski definition) is 6. The maximum atomic E-state index is 12.5. The van der Waals surface area contributed by atoms with Crippen molar-refractivity contribution in [2.45, 2.75) is 37.1 Å². The summed E-state index contributed by atoms with van der Waals surface area (Å²) in [7, 11) is -3.54. The number of benzene rings is 1. The van der Waals surface area contributed by atoms with Crippen molar-refractivity contribution in [2.75, 3.05) is 0 Å². The van der Waals surface area contributed by atoms with Crippen LogP contribution >= 0.6 is 11.3 Å². The maximum Gasteiger partial charge on any atom is 0.240 e. The van der Waals surface area contributed by atoms with Crippen molar-refractivity contribution in [3.05, 3.63) is 40.7 Å². The highest BCUT2D eigenvalue weighted by molar-refractivity contribution is 7.89. The number of rotatable bonds is 4. The van der Waals surface area contributed by atoms with Crippen molar-refractivity contribution >= 4 is 26.3 Å². The Morgan fingerprint density at radius 2 is 2.04 bits per heavy atom. The summed E-state index contributed by atoms with van der Waals surface area (Å²) in [5.74, 6) is 0. The van der Waals surface area contributed by atoms with E-state index in [4.69, 9.17) is 0 Å². The largest absolute Gasteiger partial charge is 0.240 e. The van der Waals surface area contributed by atoms with Gasteiger partial charge in [0.25, 0.3) is 0 Å². The van der Waals surface area contributed by atoms with Gasteiger partial charge in [-0.05, 0) is 48.9 Å². The summed E-state index contributed by atoms with van der Waals surface area (Å²) in [5, 5.41) is 12.5. The molecule has 7 nitrogen and oxygen atoms in total. The van der Waals surface area contributed by atoms with E-state index in [1.807, 2.05) is 6.07 Å². The topological polar surface area (TPSA) is 89.2 Å². The molecule has 2 aromatic heterocycles. The van der Waals surface area contributed by atoms with Gasteiger partial charge in [0, 0.05) is 0 Å². The molecule has 1 N–H and O–H groups in total. The van der Waals surface area contributed by atoms with Gasteiger partial charge in [-0.1, -0.05) is 17.4 Å². The molecule has 120 valence electrons. The van der Waals surface area contributed by atoms with Gasteiger partial charge >= 0.3 is 0 Å². The van der Waals surface area contributed by atoms with Crippen molar-refractivity contribution in [1.29, 1.82) is 0 Å². The number of sulfonamides is 1. The summed E-state index contributed by atoms with van der Waals surface area (Å²) >= 11 is 1.31. The number of nitrogens with one attached hydrogen (secondary N) is 1. The quantitative estimate of drug-likeness (QED) is 0.772. The summed E-state index contributed by atoms with van der Waals surface area (Å²) in [6.07, 6.45) is 5.79. The first-order valence-corrected chi connectivity index (χ1v) is 9.69. The lowest BCUT2D eigenvalue weighted by Crippen LogP contribution is -2.23. The van der Waals surface area contributed by atoms with Gasteiger partial charge in [-0.15, -0.1) is 10.2 Å². The fourth-order valence-corrected chi connectivity index (χ4v) is 4.67. The minimum atomic E-state index is -3.54. The molecule has 0 unspecified atom stereocenters. The first-order chi connectivity index (χ1) is 11.1. The Morgan fingerprint density at radius 1 is 1.22 bits per heavy atom. The van der Waals surface area contributed by atoms with Crippen molar-refractivity contribution in [1.82, 2.24) is 24.5 Å². The van der Waals surface area contributed by atoms with Crippen LogP contribution in [0, 0.1) is 0 Å². The second-order valence-corrected chi connectivity index (χ2v) is 8.32. The van der Waals surface area contributed by atoms with Crippen LogP contribution < -0.4 is 4.72 Å². The number of aryl methyl sites for hydroxylation is 2. The SMILES string of the molecule is O=S(=O)(NCc1nn2cnnc2s1)c1ccc2c(c1)CCCC2. The number of nitrogens with zero attached hydrogens (tertiary/aromatic N) is 4. The number of hydrogen-bond donors (Lipinski definition) is 1. The minimum Gasteiger partial charge on any atom is -0.207 e. The van der Waals surface area contributed by atoms with Crippen molar-refractivity contribution in [3.63, 3.8) is 0 Å². The lowest BCUT2D eigenvalue weighted by atomic mass is 9.92. The van der Waals surface area contributed by atoms with E-state index in [2.05, 4.69) is 20.0 Å². The molecule has 1 aromatic carbocycles. The van der Waals surface area contributed by atoms with Crippen LogP contribution in [0.5, 0.6) is 0 Å². The van der Waals surface area contributed by atoms with Gasteiger partial charge in [0.05, 0.1) is 11.4 Å². The molecule has 23 heavy (non-hydrogen) atoms. The van der Waals surface area contributed by atoms with Crippen LogP contribution in [0.25, 0.3) is 4.96 Å². The van der Waals surface area contributed by atoms with Crippen LogP contribution in [-0.4, -0.2) is 28.2 Å². The average molecular weight is 349 g/mol. The lowest BCUT2D eigenvalue weighted by Gasteiger charge is -2.16. The minimum absolute atomic E-state index is 0.146. The normalized spacial score (nSPS) is 15.0. The zero-order chi connectivity index (χ0) is 15.9. The first-order valence-electron chi connectivity index (χ1n) is 7.39. The van der Waals surface area contributed by atoms with E-state index in [0.717, 1.165) is 24.8 Å². The summed E-state index contributed by atoms with van der Waals surface area (Å²) in [5.41, 5.74) is 2.42. The number of fused-ring (bicyclic) bond motifs is 2. The Bertz CT molecular complexity index is 932. The van der Waals surface area contributed by atoms with Crippen LogP contribution in [-0.2, 0) is 29.4 Å². The molecule has 0 fully saturated rings. The molecule has 3 aromatic rings. The summed E-state index contributed by atoms with van der Waals surface area (Å²) in [4.78, 5) is 0.967. The zero-order valence-electron chi connectivity index (χ0n) is 12.3. The van der Waals surface area contributed by atoms with Crippen LogP contribution in [0.4, 0.5) is 0 Å². The van der Waals surface area contributed by atoms with E-state index in [-0.39, 0.29) is 6.54 Å². The standard InChI is InChI=1S/C14H15N5O2S2/c20-23(21,12-6-5-10-3-1-2-4-11(10)7-12)16-8-13-18-19-9-15-17-14(19)22-13/h5-7,9,16H,1-4,8H2. The molecule has 0 atom stereocenters. The summed E-state index contributed by atoms with van der Waals surface area (Å²) < 4.78 is 29.1. The van der Waals surface area contributed by atoms with Gasteiger partial charge in [0.1, 0.15) is 11.3 Å². The Balaban J connectivity index is 1.54. The summed E-state index contributed by atoms with van der Waals surface area (Å²) in [6, 6.07) is 5.42. The molecule has 1 aliphatic rings. The highest BCUT2D eigenvalue weighted by Gasteiger charge is 2.18. The Hall–Kier alpha value is -1.84. The second kappa shape index (κ2) is 5.66. The van der Waals surface area contributed by atoms with Crippen LogP contribution in [0.2, 0.25) is 0 Å². The van der Waals surface area contributed by atoms with Gasteiger partial charge in [-0.3, -0.25) is 0 Å². The molecular weight excluding hydrogens is 334 g/mol. The fraction of sp³-hybridized carbons (Fsp3) is 0.357. The third-order valence-electron chi connectivity index (χ3n) is 3.97. The van der Waals surface area contributed by atoms with Gasteiger partial charge in [0.15, 0.2) is 0 Å². The molecule has 0 radical (unpaired) electrons. The Morgan fingerprint density at radius 3 is 2.87 bits per heavy atom. The van der Waals surface area contributed by atoms with Crippen LogP contribution in [0.1, 0.15) is 29.0 Å². The van der Waals surface area contributed by atoms with E-state index in [1.165, 1.54) is 34.2 Å². The Kier molecular flexibility index (Phi) is 3.63. The van der Waals surface area contributed by atoms with Crippen molar-refractivity contribution < 1.29 is 8.42 Å². The smallest absolute Gasteiger partial charge is 0.207 e. The molecule has 0 aliphatic heterocycles. The van der Waals surface area contributed by atoms with Gasteiger partial charge in [-0.25, -0.2) is 13.1 Å². The van der Waals surface area contributed by atoms with E-state index < -0.39 is 10.0 Å². The molecule has 0 saturated carbocycles. The molecule has 4 rings (SSSR count). The second-order valence-electron chi connectivity index (χ2n) is 5.52. The maximum absolute atomic E-state index is 12.5. The molecule has 2 heterocycles. The molecule has 1 aliphatic carbocycles. The molecule has 0 saturated heterocycles. The summed E-state index contributed by atoms with van der Waals surface area (Å²) in [6.45, 7) is 0.146. The van der Waals surface area contributed by atoms with Gasteiger partial charge in [-0.2, -0.15) is 9.61 Å².